The van der Waals surface area contributed by atoms with Gasteiger partial charge in [0.25, 0.3) is 11.8 Å². The van der Waals surface area contributed by atoms with Gasteiger partial charge in [-0.3, -0.25) is 14.5 Å². The average molecular weight is 549 g/mol. The number of nitrogens with one attached hydrogen (secondary N) is 1. The first-order chi connectivity index (χ1) is 18.3. The predicted molar refractivity (Wildman–Crippen MR) is 156 cm³/mol. The molecule has 0 aromatic heterocycles. The number of ether oxygens (including phenoxy) is 3. The van der Waals surface area contributed by atoms with Crippen molar-refractivity contribution >= 4 is 57.6 Å². The molecule has 196 valence electrons. The Morgan fingerprint density at radius 1 is 1.00 bits per heavy atom. The molecule has 2 amide bonds. The van der Waals surface area contributed by atoms with Crippen molar-refractivity contribution in [3.63, 3.8) is 0 Å². The minimum absolute atomic E-state index is 0.174. The number of methoxy groups -OCH3 is 1. The minimum atomic E-state index is -0.276. The zero-order chi connectivity index (χ0) is 27.2. The first-order valence-electron chi connectivity index (χ1n) is 12.0. The van der Waals surface area contributed by atoms with Crippen molar-refractivity contribution in [1.82, 2.24) is 0 Å². The number of hydrogen-bond donors (Lipinski definition) is 1. The quantitative estimate of drug-likeness (QED) is 0.254. The molecule has 1 heterocycles. The van der Waals surface area contributed by atoms with Crippen LogP contribution < -0.4 is 24.4 Å². The van der Waals surface area contributed by atoms with Crippen LogP contribution in [0.3, 0.4) is 0 Å². The molecule has 0 saturated carbocycles. The minimum Gasteiger partial charge on any atom is -0.497 e. The van der Waals surface area contributed by atoms with Crippen molar-refractivity contribution in [3.05, 3.63) is 82.3 Å². The van der Waals surface area contributed by atoms with Gasteiger partial charge in [0.2, 0.25) is 0 Å². The van der Waals surface area contributed by atoms with E-state index in [0.717, 1.165) is 16.7 Å². The lowest BCUT2D eigenvalue weighted by molar-refractivity contribution is -0.118. The monoisotopic (exact) mass is 548 g/mol. The molecule has 1 fully saturated rings. The number of nitrogens with zero attached hydrogens (tertiary/aromatic N) is 1. The molecule has 3 aromatic carbocycles. The van der Waals surface area contributed by atoms with Gasteiger partial charge in [-0.1, -0.05) is 36.1 Å². The van der Waals surface area contributed by atoms with Gasteiger partial charge in [0.1, 0.15) is 5.75 Å². The van der Waals surface area contributed by atoms with Crippen LogP contribution in [-0.2, 0) is 9.59 Å². The smallest absolute Gasteiger partial charge is 0.270 e. The molecule has 9 heteroatoms. The Labute approximate surface area is 231 Å². The summed E-state index contributed by atoms with van der Waals surface area (Å²) < 4.78 is 17.2. The molecular formula is C29H28N2O5S2. The van der Waals surface area contributed by atoms with Crippen LogP contribution in [0.25, 0.3) is 6.08 Å². The van der Waals surface area contributed by atoms with Crippen molar-refractivity contribution in [2.24, 2.45) is 0 Å². The summed E-state index contributed by atoms with van der Waals surface area (Å²) in [5, 5.41) is 2.85. The van der Waals surface area contributed by atoms with E-state index in [4.69, 9.17) is 26.4 Å². The number of anilines is 2. The highest BCUT2D eigenvalue weighted by atomic mass is 32.2. The normalized spacial score (nSPS) is 14.1. The van der Waals surface area contributed by atoms with Gasteiger partial charge >= 0.3 is 0 Å². The van der Waals surface area contributed by atoms with Crippen LogP contribution in [0.4, 0.5) is 11.4 Å². The Morgan fingerprint density at radius 3 is 2.45 bits per heavy atom. The molecule has 0 aliphatic carbocycles. The Balaban J connectivity index is 1.46. The lowest BCUT2D eigenvalue weighted by atomic mass is 10.1. The maximum Gasteiger partial charge on any atom is 0.270 e. The van der Waals surface area contributed by atoms with E-state index in [1.54, 1.807) is 55.7 Å². The predicted octanol–water partition coefficient (Wildman–Crippen LogP) is 6.13. The van der Waals surface area contributed by atoms with E-state index >= 15 is 0 Å². The Bertz CT molecular complexity index is 1400. The van der Waals surface area contributed by atoms with Crippen molar-refractivity contribution < 1.29 is 23.8 Å². The lowest BCUT2D eigenvalue weighted by Crippen LogP contribution is -2.27. The number of thioether (sulfide) groups is 1. The number of amides is 2. The van der Waals surface area contributed by atoms with Crippen molar-refractivity contribution in [3.8, 4) is 17.2 Å². The Kier molecular flexibility index (Phi) is 8.70. The molecule has 7 nitrogen and oxygen atoms in total. The molecule has 0 spiro atoms. The number of aryl methyl sites for hydroxylation is 2. The third-order valence-electron chi connectivity index (χ3n) is 5.84. The third kappa shape index (κ3) is 6.35. The van der Waals surface area contributed by atoms with Crippen molar-refractivity contribution in [2.45, 2.75) is 20.8 Å². The largest absolute Gasteiger partial charge is 0.497 e. The molecule has 1 N–H and O–H groups in total. The summed E-state index contributed by atoms with van der Waals surface area (Å²) >= 11 is 6.71. The summed E-state index contributed by atoms with van der Waals surface area (Å²) in [6, 6.07) is 18.2. The standard InChI is InChI=1S/C29H28N2O5S2/c1-5-35-25-15-20(7-13-24(25)36-17-27(32)30-21-8-6-18(2)19(3)14-21)16-26-28(33)31(29(37)38-26)22-9-11-23(34-4)12-10-22/h6-16H,5,17H2,1-4H3,(H,30,32)/b26-16-. The molecule has 0 bridgehead atoms. The highest BCUT2D eigenvalue weighted by Gasteiger charge is 2.33. The van der Waals surface area contributed by atoms with Crippen LogP contribution in [0.15, 0.2) is 65.6 Å². The van der Waals surface area contributed by atoms with Crippen LogP contribution in [0, 0.1) is 13.8 Å². The highest BCUT2D eigenvalue weighted by molar-refractivity contribution is 8.27. The summed E-state index contributed by atoms with van der Waals surface area (Å²) in [6.07, 6.45) is 1.77. The highest BCUT2D eigenvalue weighted by Crippen LogP contribution is 2.37. The molecule has 0 radical (unpaired) electrons. The number of carbonyl (C=O) groups is 2. The number of rotatable bonds is 9. The van der Waals surface area contributed by atoms with Crippen LogP contribution in [0.1, 0.15) is 23.6 Å². The summed E-state index contributed by atoms with van der Waals surface area (Å²) in [5.74, 6) is 1.13. The summed E-state index contributed by atoms with van der Waals surface area (Å²) in [4.78, 5) is 27.6. The maximum atomic E-state index is 13.1. The lowest BCUT2D eigenvalue weighted by Gasteiger charge is -2.15. The molecule has 3 aromatic rings. The number of thiocarbonyl (C=S) groups is 1. The Hall–Kier alpha value is -3.82. The number of hydrogen-bond acceptors (Lipinski definition) is 7. The molecule has 1 aliphatic heterocycles. The van der Waals surface area contributed by atoms with E-state index in [-0.39, 0.29) is 18.4 Å². The van der Waals surface area contributed by atoms with Gasteiger partial charge < -0.3 is 19.5 Å². The molecule has 0 atom stereocenters. The molecule has 1 saturated heterocycles. The first-order valence-corrected chi connectivity index (χ1v) is 13.2. The van der Waals surface area contributed by atoms with Crippen LogP contribution in [-0.4, -0.2) is 36.5 Å². The van der Waals surface area contributed by atoms with E-state index in [2.05, 4.69) is 5.32 Å². The molecule has 4 rings (SSSR count). The fourth-order valence-electron chi connectivity index (χ4n) is 3.73. The van der Waals surface area contributed by atoms with E-state index < -0.39 is 0 Å². The number of carbonyl (C=O) groups excluding carboxylic acids is 2. The van der Waals surface area contributed by atoms with Crippen LogP contribution in [0.5, 0.6) is 17.2 Å². The van der Waals surface area contributed by atoms with E-state index in [1.807, 2.05) is 39.0 Å². The second kappa shape index (κ2) is 12.1. The van der Waals surface area contributed by atoms with Gasteiger partial charge in [-0.15, -0.1) is 0 Å². The van der Waals surface area contributed by atoms with Crippen LogP contribution in [0.2, 0.25) is 0 Å². The summed E-state index contributed by atoms with van der Waals surface area (Å²) in [5.41, 5.74) is 4.39. The van der Waals surface area contributed by atoms with Crippen molar-refractivity contribution in [1.29, 1.82) is 0 Å². The SMILES string of the molecule is CCOc1cc(/C=C2\SC(=S)N(c3ccc(OC)cc3)C2=O)ccc1OCC(=O)Nc1ccc(C)c(C)c1. The summed E-state index contributed by atoms with van der Waals surface area (Å²) in [7, 11) is 1.59. The van der Waals surface area contributed by atoms with E-state index in [1.165, 1.54) is 16.7 Å². The van der Waals surface area contributed by atoms with Gasteiger partial charge in [0.05, 0.1) is 24.3 Å². The maximum absolute atomic E-state index is 13.1. The van der Waals surface area contributed by atoms with E-state index in [0.29, 0.717) is 44.5 Å². The third-order valence-corrected chi connectivity index (χ3v) is 7.14. The average Bonchev–Trinajstić information content (AvgIpc) is 3.18. The van der Waals surface area contributed by atoms with Gasteiger partial charge in [-0.25, -0.2) is 0 Å². The second-order valence-corrected chi connectivity index (χ2v) is 10.2. The molecule has 0 unspecified atom stereocenters. The first kappa shape index (κ1) is 27.2. The topological polar surface area (TPSA) is 77.1 Å². The van der Waals surface area contributed by atoms with Gasteiger partial charge in [0, 0.05) is 5.69 Å². The van der Waals surface area contributed by atoms with Gasteiger partial charge in [-0.05, 0) is 92.1 Å². The van der Waals surface area contributed by atoms with Crippen molar-refractivity contribution in [2.75, 3.05) is 30.5 Å². The second-order valence-electron chi connectivity index (χ2n) is 8.49. The van der Waals surface area contributed by atoms with Gasteiger partial charge in [-0.2, -0.15) is 0 Å². The Morgan fingerprint density at radius 2 is 1.76 bits per heavy atom. The molecule has 1 aliphatic rings. The zero-order valence-corrected chi connectivity index (χ0v) is 23.2. The number of benzene rings is 3. The van der Waals surface area contributed by atoms with Crippen LogP contribution >= 0.6 is 24.0 Å². The summed E-state index contributed by atoms with van der Waals surface area (Å²) in [6.45, 7) is 6.11. The molecular weight excluding hydrogens is 520 g/mol. The zero-order valence-electron chi connectivity index (χ0n) is 21.6. The van der Waals surface area contributed by atoms with Gasteiger partial charge in [0.15, 0.2) is 22.4 Å². The fraction of sp³-hybridized carbons (Fsp3) is 0.207. The fourth-order valence-corrected chi connectivity index (χ4v) is 5.03. The molecule has 38 heavy (non-hydrogen) atoms. The van der Waals surface area contributed by atoms with E-state index in [9.17, 15) is 9.59 Å².